The van der Waals surface area contributed by atoms with Crippen LogP contribution < -0.4 is 20.9 Å². The molecule has 0 aliphatic rings. The molecule has 0 fully saturated rings. The molecule has 0 saturated carbocycles. The van der Waals surface area contributed by atoms with Crippen LogP contribution >= 0.6 is 0 Å². The van der Waals surface area contributed by atoms with Crippen molar-refractivity contribution in [2.45, 2.75) is 19.6 Å². The average molecular weight is 873 g/mol. The molecule has 0 saturated heterocycles. The number of rotatable bonds is 11. The van der Waals surface area contributed by atoms with Gasteiger partial charge in [-0.2, -0.15) is 33.7 Å². The number of anilines is 2. The maximum absolute atomic E-state index is 12.3. The Morgan fingerprint density at radius 3 is 1.09 bits per heavy atom. The third-order valence-electron chi connectivity index (χ3n) is 8.54. The van der Waals surface area contributed by atoms with E-state index < -0.39 is 70.8 Å². The Morgan fingerprint density at radius 2 is 0.776 bits per heavy atom. The van der Waals surface area contributed by atoms with E-state index in [1.807, 2.05) is 0 Å². The lowest BCUT2D eigenvalue weighted by molar-refractivity contribution is 0.415. The SMILES string of the molecule is COc1cc(-c2ccc(N=Nc3cc(S(=O)(=O)O)c4cccc(S(=O)(=O)O)c4c3N)c(OC)c2)ccc1N=Nc1cc(S(=O)(=O)O)c2cccc(S(=O)(=O)O)c2c1N. The molecular formula is C34H28N6O14S4. The summed E-state index contributed by atoms with van der Waals surface area (Å²) in [6, 6.07) is 17.6. The summed E-state index contributed by atoms with van der Waals surface area (Å²) in [5.41, 5.74) is 12.2. The minimum absolute atomic E-state index is 0.0917. The van der Waals surface area contributed by atoms with Crippen LogP contribution in [-0.4, -0.2) is 66.1 Å². The molecule has 0 aromatic heterocycles. The van der Waals surface area contributed by atoms with Crippen molar-refractivity contribution in [2.24, 2.45) is 20.5 Å². The van der Waals surface area contributed by atoms with Gasteiger partial charge in [-0.25, -0.2) is 0 Å². The summed E-state index contributed by atoms with van der Waals surface area (Å²) in [4.78, 5) is -2.95. The molecular weight excluding hydrogens is 845 g/mol. The monoisotopic (exact) mass is 872 g/mol. The molecule has 0 atom stereocenters. The lowest BCUT2D eigenvalue weighted by atomic mass is 10.0. The Labute approximate surface area is 329 Å². The van der Waals surface area contributed by atoms with Gasteiger partial charge in [0.15, 0.2) is 0 Å². The summed E-state index contributed by atoms with van der Waals surface area (Å²) in [6.07, 6.45) is 0. The molecule has 8 N–H and O–H groups in total. The molecule has 0 radical (unpaired) electrons. The number of ether oxygens (including phenoxy) is 2. The molecule has 58 heavy (non-hydrogen) atoms. The molecule has 20 nitrogen and oxygen atoms in total. The second kappa shape index (κ2) is 15.0. The van der Waals surface area contributed by atoms with Gasteiger partial charge in [-0.15, -0.1) is 20.5 Å². The normalized spacial score (nSPS) is 12.9. The smallest absolute Gasteiger partial charge is 0.295 e. The third-order valence-corrected chi connectivity index (χ3v) is 12.1. The van der Waals surface area contributed by atoms with E-state index in [0.29, 0.717) is 11.1 Å². The van der Waals surface area contributed by atoms with E-state index in [1.54, 1.807) is 24.3 Å². The van der Waals surface area contributed by atoms with Gasteiger partial charge in [0.05, 0.1) is 25.6 Å². The molecule has 0 heterocycles. The Kier molecular flexibility index (Phi) is 10.7. The van der Waals surface area contributed by atoms with Crippen LogP contribution in [0.5, 0.6) is 11.5 Å². The number of nitrogen functional groups attached to an aromatic ring is 2. The highest BCUT2D eigenvalue weighted by molar-refractivity contribution is 7.87. The van der Waals surface area contributed by atoms with Gasteiger partial charge in [0.25, 0.3) is 40.5 Å². The Bertz CT molecular complexity index is 3010. The van der Waals surface area contributed by atoms with E-state index in [4.69, 9.17) is 20.9 Å². The first-order valence-electron chi connectivity index (χ1n) is 15.8. The van der Waals surface area contributed by atoms with Gasteiger partial charge in [0.2, 0.25) is 0 Å². The van der Waals surface area contributed by atoms with Gasteiger partial charge in [0.1, 0.15) is 53.8 Å². The van der Waals surface area contributed by atoms with Crippen LogP contribution in [0.25, 0.3) is 32.7 Å². The molecule has 302 valence electrons. The largest absolute Gasteiger partial charge is 0.494 e. The van der Waals surface area contributed by atoms with Crippen molar-refractivity contribution >= 4 is 96.1 Å². The predicted octanol–water partition coefficient (Wildman–Crippen LogP) is 6.66. The molecule has 6 aromatic carbocycles. The summed E-state index contributed by atoms with van der Waals surface area (Å²) in [5.74, 6) is 0.283. The van der Waals surface area contributed by atoms with E-state index in [1.165, 1.54) is 38.5 Å². The maximum Gasteiger partial charge on any atom is 0.295 e. The van der Waals surface area contributed by atoms with E-state index in [9.17, 15) is 51.9 Å². The lowest BCUT2D eigenvalue weighted by Crippen LogP contribution is -2.05. The molecule has 0 unspecified atom stereocenters. The van der Waals surface area contributed by atoms with Gasteiger partial charge < -0.3 is 20.9 Å². The second-order valence-corrected chi connectivity index (χ2v) is 17.6. The summed E-state index contributed by atoms with van der Waals surface area (Å²) < 4.78 is 148. The number of nitrogens with zero attached hydrogens (tertiary/aromatic N) is 4. The maximum atomic E-state index is 12.3. The van der Waals surface area contributed by atoms with Crippen LogP contribution in [0.3, 0.4) is 0 Å². The lowest BCUT2D eigenvalue weighted by Gasteiger charge is -2.13. The van der Waals surface area contributed by atoms with E-state index in [0.717, 1.165) is 36.4 Å². The summed E-state index contributed by atoms with van der Waals surface area (Å²) in [5, 5.41) is 14.8. The minimum atomic E-state index is -4.96. The van der Waals surface area contributed by atoms with Crippen LogP contribution in [-0.2, 0) is 40.5 Å². The molecule has 0 aliphatic carbocycles. The van der Waals surface area contributed by atoms with Gasteiger partial charge in [-0.3, -0.25) is 18.2 Å². The second-order valence-electron chi connectivity index (χ2n) is 12.0. The van der Waals surface area contributed by atoms with Crippen LogP contribution in [0.2, 0.25) is 0 Å². The quantitative estimate of drug-likeness (QED) is 0.0450. The molecule has 0 spiro atoms. The van der Waals surface area contributed by atoms with Crippen molar-refractivity contribution in [2.75, 3.05) is 25.7 Å². The highest BCUT2D eigenvalue weighted by Crippen LogP contribution is 2.43. The van der Waals surface area contributed by atoms with Crippen molar-refractivity contribution in [1.29, 1.82) is 0 Å². The number of hydrogen-bond acceptors (Lipinski definition) is 16. The van der Waals surface area contributed by atoms with Crippen LogP contribution in [0.15, 0.2) is 125 Å². The fraction of sp³-hybridized carbons (Fsp3) is 0.0588. The first-order valence-corrected chi connectivity index (χ1v) is 21.6. The Morgan fingerprint density at radius 1 is 0.448 bits per heavy atom. The zero-order valence-electron chi connectivity index (χ0n) is 29.5. The fourth-order valence-electron chi connectivity index (χ4n) is 5.96. The van der Waals surface area contributed by atoms with Crippen LogP contribution in [0, 0.1) is 0 Å². The topological polar surface area (TPSA) is 337 Å². The zero-order valence-corrected chi connectivity index (χ0v) is 32.8. The number of benzene rings is 6. The zero-order chi connectivity index (χ0) is 42.5. The number of fused-ring (bicyclic) bond motifs is 2. The van der Waals surface area contributed by atoms with Crippen LogP contribution in [0.4, 0.5) is 34.1 Å². The summed E-state index contributed by atoms with van der Waals surface area (Å²) in [7, 11) is -17.1. The molecule has 6 aromatic rings. The highest BCUT2D eigenvalue weighted by Gasteiger charge is 2.26. The molecule has 0 amide bonds. The van der Waals surface area contributed by atoms with Crippen molar-refractivity contribution in [3.63, 3.8) is 0 Å². The van der Waals surface area contributed by atoms with Crippen molar-refractivity contribution in [3.05, 3.63) is 84.9 Å². The number of nitrogens with two attached hydrogens (primary N) is 2. The molecule has 24 heteroatoms. The first-order chi connectivity index (χ1) is 27.0. The predicted molar refractivity (Wildman–Crippen MR) is 209 cm³/mol. The first kappa shape index (κ1) is 41.5. The number of methoxy groups -OCH3 is 2. The fourth-order valence-corrected chi connectivity index (χ4v) is 8.84. The summed E-state index contributed by atoms with van der Waals surface area (Å²) >= 11 is 0. The Hall–Kier alpha value is -6.12. The van der Waals surface area contributed by atoms with Crippen LogP contribution in [0.1, 0.15) is 0 Å². The van der Waals surface area contributed by atoms with Crippen molar-refractivity contribution in [3.8, 4) is 22.6 Å². The molecule has 0 bridgehead atoms. The van der Waals surface area contributed by atoms with Gasteiger partial charge in [-0.05, 0) is 59.7 Å². The van der Waals surface area contributed by atoms with Gasteiger partial charge in [0, 0.05) is 21.5 Å². The van der Waals surface area contributed by atoms with E-state index in [-0.39, 0.29) is 56.4 Å². The van der Waals surface area contributed by atoms with E-state index >= 15 is 0 Å². The minimum Gasteiger partial charge on any atom is -0.494 e. The highest BCUT2D eigenvalue weighted by atomic mass is 32.2. The molecule has 6 rings (SSSR count). The molecule has 0 aliphatic heterocycles. The average Bonchev–Trinajstić information content (AvgIpc) is 3.15. The summed E-state index contributed by atoms with van der Waals surface area (Å²) in [6.45, 7) is 0. The van der Waals surface area contributed by atoms with E-state index in [2.05, 4.69) is 20.5 Å². The standard InChI is InChI=1S/C34H28N6O14S4/c1-53-25-13-17(9-11-21(25)37-39-23-15-29(57(47,48)49)19-5-3-7-27(55(41,42)43)31(19)33(23)35)18-10-12-22(26(14-18)54-2)38-40-24-16-30(58(50,51)52)20-6-4-8-28(56(44,45)46)32(20)34(24)36/h3-16H,35-36H2,1-2H3,(H,41,42,43)(H,44,45,46)(H,47,48,49)(H,50,51,52). The van der Waals surface area contributed by atoms with Crippen molar-refractivity contribution in [1.82, 2.24) is 0 Å². The number of azo groups is 2. The van der Waals surface area contributed by atoms with Gasteiger partial charge in [-0.1, -0.05) is 36.4 Å². The Balaban J connectivity index is 1.38. The number of hydrogen-bond donors (Lipinski definition) is 6. The third kappa shape index (κ3) is 8.02. The van der Waals surface area contributed by atoms with Gasteiger partial charge >= 0.3 is 0 Å². The van der Waals surface area contributed by atoms with Crippen molar-refractivity contribution < 1.29 is 61.4 Å².